The summed E-state index contributed by atoms with van der Waals surface area (Å²) >= 11 is 0. The van der Waals surface area contributed by atoms with Crippen LogP contribution in [-0.4, -0.2) is 40.8 Å². The van der Waals surface area contributed by atoms with E-state index in [1.165, 1.54) is 12.1 Å². The molecule has 8 heteroatoms. The van der Waals surface area contributed by atoms with Gasteiger partial charge in [0.2, 0.25) is 5.91 Å². The molecule has 0 bridgehead atoms. The van der Waals surface area contributed by atoms with E-state index in [9.17, 15) is 24.6 Å². The van der Waals surface area contributed by atoms with Gasteiger partial charge in [0.25, 0.3) is 0 Å². The summed E-state index contributed by atoms with van der Waals surface area (Å²) in [6.45, 7) is 3.27. The van der Waals surface area contributed by atoms with Crippen LogP contribution in [0.15, 0.2) is 54.6 Å². The zero-order valence-electron chi connectivity index (χ0n) is 16.9. The third-order valence-corrected chi connectivity index (χ3v) is 4.48. The highest BCUT2D eigenvalue weighted by atomic mass is 16.5. The van der Waals surface area contributed by atoms with Crippen LogP contribution in [0.1, 0.15) is 25.0 Å². The van der Waals surface area contributed by atoms with Gasteiger partial charge >= 0.3 is 12.1 Å². The van der Waals surface area contributed by atoms with Crippen molar-refractivity contribution in [3.63, 3.8) is 0 Å². The molecule has 2 aromatic carbocycles. The fraction of sp³-hybridized carbons (Fsp3) is 0.318. The summed E-state index contributed by atoms with van der Waals surface area (Å²) in [5, 5.41) is 23.8. The number of carboxylic acids is 1. The number of ether oxygens (including phenoxy) is 1. The Morgan fingerprint density at radius 3 is 2.23 bits per heavy atom. The normalized spacial score (nSPS) is 11.9. The molecule has 2 rings (SSSR count). The molecule has 4 N–H and O–H groups in total. The number of hydrogen-bond acceptors (Lipinski definition) is 5. The first-order valence-electron chi connectivity index (χ1n) is 9.43. The molecule has 0 spiro atoms. The second kappa shape index (κ2) is 10.3. The summed E-state index contributed by atoms with van der Waals surface area (Å²) in [6, 6.07) is 14.1. The van der Waals surface area contributed by atoms with E-state index in [1.807, 2.05) is 30.3 Å². The highest BCUT2D eigenvalue weighted by Crippen LogP contribution is 2.16. The van der Waals surface area contributed by atoms with Gasteiger partial charge in [-0.3, -0.25) is 4.79 Å². The Balaban J connectivity index is 1.86. The van der Waals surface area contributed by atoms with Crippen molar-refractivity contribution in [2.75, 3.05) is 6.54 Å². The third-order valence-electron chi connectivity index (χ3n) is 4.48. The Bertz CT molecular complexity index is 865. The lowest BCUT2D eigenvalue weighted by Crippen LogP contribution is -2.51. The van der Waals surface area contributed by atoms with Gasteiger partial charge in [0.15, 0.2) is 0 Å². The molecule has 0 fully saturated rings. The molecule has 0 saturated heterocycles. The molecule has 0 aliphatic carbocycles. The number of phenols is 1. The zero-order valence-corrected chi connectivity index (χ0v) is 16.9. The van der Waals surface area contributed by atoms with Crippen molar-refractivity contribution < 1.29 is 29.3 Å². The van der Waals surface area contributed by atoms with Crippen LogP contribution in [0.2, 0.25) is 0 Å². The quantitative estimate of drug-likeness (QED) is 0.500. The molecule has 2 aromatic rings. The van der Waals surface area contributed by atoms with Crippen molar-refractivity contribution in [2.24, 2.45) is 5.41 Å². The van der Waals surface area contributed by atoms with Crippen LogP contribution in [0, 0.1) is 5.41 Å². The average molecular weight is 414 g/mol. The number of alkyl carbamates (subject to hydrolysis) is 1. The number of carboxylic acid groups (broad SMARTS) is 1. The smallest absolute Gasteiger partial charge is 0.407 e. The number of amides is 2. The van der Waals surface area contributed by atoms with E-state index >= 15 is 0 Å². The van der Waals surface area contributed by atoms with Crippen molar-refractivity contribution in [3.8, 4) is 5.75 Å². The predicted octanol–water partition coefficient (Wildman–Crippen LogP) is 2.46. The number of carbonyl (C=O) groups excluding carboxylic acids is 2. The maximum absolute atomic E-state index is 12.6. The lowest BCUT2D eigenvalue weighted by Gasteiger charge is -2.26. The van der Waals surface area contributed by atoms with E-state index in [1.54, 1.807) is 26.0 Å². The minimum Gasteiger partial charge on any atom is -0.508 e. The predicted molar refractivity (Wildman–Crippen MR) is 110 cm³/mol. The van der Waals surface area contributed by atoms with Gasteiger partial charge in [-0.1, -0.05) is 42.5 Å². The molecule has 0 aromatic heterocycles. The summed E-state index contributed by atoms with van der Waals surface area (Å²) < 4.78 is 5.11. The number of carbonyl (C=O) groups is 3. The fourth-order valence-corrected chi connectivity index (χ4v) is 2.57. The van der Waals surface area contributed by atoms with E-state index in [-0.39, 0.29) is 25.3 Å². The number of hydrogen-bond donors (Lipinski definition) is 4. The number of benzene rings is 2. The van der Waals surface area contributed by atoms with Crippen LogP contribution in [0.4, 0.5) is 4.79 Å². The van der Waals surface area contributed by atoms with Gasteiger partial charge in [0.05, 0.1) is 5.41 Å². The van der Waals surface area contributed by atoms with Crippen molar-refractivity contribution in [1.82, 2.24) is 10.6 Å². The lowest BCUT2D eigenvalue weighted by atomic mass is 9.91. The third kappa shape index (κ3) is 7.12. The van der Waals surface area contributed by atoms with Crippen molar-refractivity contribution in [1.29, 1.82) is 0 Å². The van der Waals surface area contributed by atoms with E-state index in [4.69, 9.17) is 4.74 Å². The second-order valence-corrected chi connectivity index (χ2v) is 7.53. The Hall–Kier alpha value is -3.55. The van der Waals surface area contributed by atoms with E-state index in [0.717, 1.165) is 5.56 Å². The Labute approximate surface area is 174 Å². The van der Waals surface area contributed by atoms with Crippen LogP contribution >= 0.6 is 0 Å². The first-order valence-corrected chi connectivity index (χ1v) is 9.43. The monoisotopic (exact) mass is 414 g/mol. The Morgan fingerprint density at radius 1 is 1.00 bits per heavy atom. The first kappa shape index (κ1) is 22.7. The maximum Gasteiger partial charge on any atom is 0.407 e. The van der Waals surface area contributed by atoms with Gasteiger partial charge < -0.3 is 25.6 Å². The number of rotatable bonds is 9. The largest absolute Gasteiger partial charge is 0.508 e. The first-order chi connectivity index (χ1) is 14.2. The molecule has 0 heterocycles. The zero-order chi connectivity index (χ0) is 22.1. The van der Waals surface area contributed by atoms with E-state index in [0.29, 0.717) is 5.56 Å². The van der Waals surface area contributed by atoms with Crippen LogP contribution in [-0.2, 0) is 27.4 Å². The molecule has 0 aliphatic rings. The number of phenolic OH excluding ortho intramolecular Hbond substituents is 1. The topological polar surface area (TPSA) is 125 Å². The summed E-state index contributed by atoms with van der Waals surface area (Å²) in [4.78, 5) is 36.1. The second-order valence-electron chi connectivity index (χ2n) is 7.53. The summed E-state index contributed by atoms with van der Waals surface area (Å²) in [5.41, 5.74) is 0.429. The average Bonchev–Trinajstić information content (AvgIpc) is 2.72. The van der Waals surface area contributed by atoms with Gasteiger partial charge in [-0.2, -0.15) is 0 Å². The highest BCUT2D eigenvalue weighted by Gasteiger charge is 2.32. The number of aliphatic carboxylic acids is 1. The molecule has 0 radical (unpaired) electrons. The summed E-state index contributed by atoms with van der Waals surface area (Å²) in [7, 11) is 0. The molecule has 160 valence electrons. The molecule has 0 saturated carbocycles. The van der Waals surface area contributed by atoms with Crippen LogP contribution < -0.4 is 10.6 Å². The minimum absolute atomic E-state index is 0.0298. The van der Waals surface area contributed by atoms with Gasteiger partial charge in [-0.05, 0) is 37.1 Å². The van der Waals surface area contributed by atoms with Crippen molar-refractivity contribution in [3.05, 3.63) is 65.7 Å². The maximum atomic E-state index is 12.6. The standard InChI is InChI=1S/C22H26N2O6/c1-22(2,14-23-21(29)30-13-16-6-4-3-5-7-16)20(28)24-18(19(26)27)12-15-8-10-17(25)11-9-15/h3-11,18,25H,12-14H2,1-2H3,(H,23,29)(H,24,28)(H,26,27)/t18-/m0/s1. The Morgan fingerprint density at radius 2 is 1.63 bits per heavy atom. The van der Waals surface area contributed by atoms with Gasteiger partial charge in [0, 0.05) is 13.0 Å². The molecular formula is C22H26N2O6. The number of nitrogens with one attached hydrogen (secondary N) is 2. The Kier molecular flexibility index (Phi) is 7.80. The lowest BCUT2D eigenvalue weighted by molar-refractivity contribution is -0.143. The highest BCUT2D eigenvalue weighted by molar-refractivity contribution is 5.87. The molecule has 8 nitrogen and oxygen atoms in total. The van der Waals surface area contributed by atoms with Gasteiger partial charge in [-0.15, -0.1) is 0 Å². The van der Waals surface area contributed by atoms with Crippen molar-refractivity contribution in [2.45, 2.75) is 32.9 Å². The van der Waals surface area contributed by atoms with E-state index in [2.05, 4.69) is 10.6 Å². The molecule has 2 amide bonds. The minimum atomic E-state index is -1.18. The van der Waals surface area contributed by atoms with E-state index < -0.39 is 29.4 Å². The molecule has 0 unspecified atom stereocenters. The molecule has 0 aliphatic heterocycles. The van der Waals surface area contributed by atoms with Crippen LogP contribution in [0.25, 0.3) is 0 Å². The fourth-order valence-electron chi connectivity index (χ4n) is 2.57. The summed E-state index contributed by atoms with van der Waals surface area (Å²) in [6.07, 6.45) is -0.608. The molecule has 1 atom stereocenters. The van der Waals surface area contributed by atoms with Crippen molar-refractivity contribution >= 4 is 18.0 Å². The summed E-state index contributed by atoms with van der Waals surface area (Å²) in [5.74, 6) is -1.62. The van der Waals surface area contributed by atoms with Crippen LogP contribution in [0.3, 0.4) is 0 Å². The molecule has 30 heavy (non-hydrogen) atoms. The van der Waals surface area contributed by atoms with Gasteiger partial charge in [-0.25, -0.2) is 9.59 Å². The number of aromatic hydroxyl groups is 1. The van der Waals surface area contributed by atoms with Gasteiger partial charge in [0.1, 0.15) is 18.4 Å². The van der Waals surface area contributed by atoms with Crippen LogP contribution in [0.5, 0.6) is 5.75 Å². The SMILES string of the molecule is CC(C)(CNC(=O)OCc1ccccc1)C(=O)N[C@@H](Cc1ccc(O)cc1)C(=O)O. The molecular weight excluding hydrogens is 388 g/mol.